The molecule has 0 saturated heterocycles. The smallest absolute Gasteiger partial charge is 0.0476 e. The minimum absolute atomic E-state index is 1.09. The maximum Gasteiger partial charge on any atom is 0.0476 e. The van der Waals surface area contributed by atoms with E-state index in [1.54, 1.807) is 0 Å². The van der Waals surface area contributed by atoms with Crippen LogP contribution in [0, 0.1) is 0 Å². The first-order chi connectivity index (χ1) is 8.24. The molecular weight excluding hydrogens is 342 g/mol. The van der Waals surface area contributed by atoms with Crippen molar-refractivity contribution in [3.63, 3.8) is 0 Å². The Hall–Kier alpha value is -1.06. The summed E-state index contributed by atoms with van der Waals surface area (Å²) in [7, 11) is 0. The highest BCUT2D eigenvalue weighted by Crippen LogP contribution is 2.30. The molecule has 1 heterocycles. The van der Waals surface area contributed by atoms with Crippen LogP contribution in [0.4, 0.5) is 0 Å². The van der Waals surface area contributed by atoms with Gasteiger partial charge in [0.15, 0.2) is 0 Å². The standard InChI is InChI=1S/C14H9Br2N/c15-10-6-5-9-7-14(17-13(9)8-10)11-3-1-2-4-12(11)16/h1-8,17H. The second-order valence-corrected chi connectivity index (χ2v) is 5.66. The van der Waals surface area contributed by atoms with Crippen molar-refractivity contribution >= 4 is 42.8 Å². The Morgan fingerprint density at radius 1 is 0.882 bits per heavy atom. The van der Waals surface area contributed by atoms with Crippen molar-refractivity contribution in [2.24, 2.45) is 0 Å². The number of hydrogen-bond donors (Lipinski definition) is 1. The number of fused-ring (bicyclic) bond motifs is 1. The van der Waals surface area contributed by atoms with E-state index in [1.807, 2.05) is 12.1 Å². The van der Waals surface area contributed by atoms with Crippen LogP contribution < -0.4 is 0 Å². The van der Waals surface area contributed by atoms with E-state index >= 15 is 0 Å². The van der Waals surface area contributed by atoms with Crippen molar-refractivity contribution in [3.05, 3.63) is 57.5 Å². The molecule has 3 heteroatoms. The Labute approximate surface area is 116 Å². The molecule has 84 valence electrons. The molecule has 0 bridgehead atoms. The summed E-state index contributed by atoms with van der Waals surface area (Å²) in [5.41, 5.74) is 3.45. The Kier molecular flexibility index (Phi) is 2.81. The lowest BCUT2D eigenvalue weighted by atomic mass is 10.1. The van der Waals surface area contributed by atoms with E-state index in [9.17, 15) is 0 Å². The summed E-state index contributed by atoms with van der Waals surface area (Å²) in [6, 6.07) is 16.6. The van der Waals surface area contributed by atoms with Gasteiger partial charge in [-0.3, -0.25) is 0 Å². The summed E-state index contributed by atoms with van der Waals surface area (Å²) < 4.78 is 2.19. The molecule has 3 aromatic rings. The third kappa shape index (κ3) is 2.05. The highest BCUT2D eigenvalue weighted by atomic mass is 79.9. The highest BCUT2D eigenvalue weighted by molar-refractivity contribution is 9.10. The van der Waals surface area contributed by atoms with Gasteiger partial charge in [-0.2, -0.15) is 0 Å². The van der Waals surface area contributed by atoms with Crippen LogP contribution in [0.15, 0.2) is 57.5 Å². The summed E-state index contributed by atoms with van der Waals surface area (Å²) in [5.74, 6) is 0. The van der Waals surface area contributed by atoms with E-state index in [0.717, 1.165) is 20.2 Å². The van der Waals surface area contributed by atoms with Crippen LogP contribution in [0.3, 0.4) is 0 Å². The summed E-state index contributed by atoms with van der Waals surface area (Å²) >= 11 is 7.06. The molecule has 2 aromatic carbocycles. The first kappa shape index (κ1) is 11.1. The van der Waals surface area contributed by atoms with Crippen LogP contribution in [0.25, 0.3) is 22.2 Å². The second kappa shape index (κ2) is 4.31. The first-order valence-electron chi connectivity index (χ1n) is 5.27. The molecule has 0 spiro atoms. The fraction of sp³-hybridized carbons (Fsp3) is 0. The van der Waals surface area contributed by atoms with Crippen molar-refractivity contribution in [1.82, 2.24) is 4.98 Å². The number of hydrogen-bond acceptors (Lipinski definition) is 0. The number of rotatable bonds is 1. The molecule has 0 amide bonds. The summed E-state index contributed by atoms with van der Waals surface area (Å²) in [5, 5.41) is 1.22. The molecule has 1 aromatic heterocycles. The molecule has 0 aliphatic carbocycles. The zero-order valence-electron chi connectivity index (χ0n) is 8.87. The molecule has 0 atom stereocenters. The van der Waals surface area contributed by atoms with Gasteiger partial charge in [-0.25, -0.2) is 0 Å². The zero-order chi connectivity index (χ0) is 11.8. The Balaban J connectivity index is 2.22. The number of nitrogens with one attached hydrogen (secondary N) is 1. The maximum absolute atomic E-state index is 3.58. The maximum atomic E-state index is 3.58. The van der Waals surface area contributed by atoms with Gasteiger partial charge in [-0.05, 0) is 24.3 Å². The number of halogens is 2. The van der Waals surface area contributed by atoms with Gasteiger partial charge in [-0.1, -0.05) is 56.1 Å². The van der Waals surface area contributed by atoms with Crippen LogP contribution in [-0.4, -0.2) is 4.98 Å². The van der Waals surface area contributed by atoms with Crippen molar-refractivity contribution in [2.45, 2.75) is 0 Å². The average molecular weight is 351 g/mol. The molecule has 0 aliphatic heterocycles. The van der Waals surface area contributed by atoms with E-state index in [0.29, 0.717) is 0 Å². The second-order valence-electron chi connectivity index (χ2n) is 3.89. The zero-order valence-corrected chi connectivity index (χ0v) is 12.0. The summed E-state index contributed by atoms with van der Waals surface area (Å²) in [4.78, 5) is 3.43. The SMILES string of the molecule is Brc1ccc2cc(-c3ccccc3Br)[nH]c2c1. The topological polar surface area (TPSA) is 15.8 Å². The van der Waals surface area contributed by atoms with Crippen molar-refractivity contribution in [1.29, 1.82) is 0 Å². The van der Waals surface area contributed by atoms with Gasteiger partial charge in [0.25, 0.3) is 0 Å². The van der Waals surface area contributed by atoms with E-state index in [2.05, 4.69) is 73.2 Å². The fourth-order valence-corrected chi connectivity index (χ4v) is 2.78. The molecule has 0 radical (unpaired) electrons. The van der Waals surface area contributed by atoms with Crippen molar-refractivity contribution in [3.8, 4) is 11.3 Å². The molecule has 17 heavy (non-hydrogen) atoms. The van der Waals surface area contributed by atoms with Crippen molar-refractivity contribution < 1.29 is 0 Å². The molecule has 0 saturated carbocycles. The number of benzene rings is 2. The molecular formula is C14H9Br2N. The molecule has 1 N–H and O–H groups in total. The molecule has 0 aliphatic rings. The Morgan fingerprint density at radius 2 is 1.71 bits per heavy atom. The predicted octanol–water partition coefficient (Wildman–Crippen LogP) is 5.36. The van der Waals surface area contributed by atoms with Crippen LogP contribution >= 0.6 is 31.9 Å². The lowest BCUT2D eigenvalue weighted by molar-refractivity contribution is 1.44. The van der Waals surface area contributed by atoms with Gasteiger partial charge in [0.2, 0.25) is 0 Å². The Bertz CT molecular complexity index is 686. The minimum atomic E-state index is 1.09. The monoisotopic (exact) mass is 349 g/mol. The lowest BCUT2D eigenvalue weighted by Gasteiger charge is -2.00. The first-order valence-corrected chi connectivity index (χ1v) is 6.86. The summed E-state index contributed by atoms with van der Waals surface area (Å²) in [6.07, 6.45) is 0. The van der Waals surface area contributed by atoms with Crippen LogP contribution in [0.5, 0.6) is 0 Å². The fourth-order valence-electron chi connectivity index (χ4n) is 1.92. The average Bonchev–Trinajstić information content (AvgIpc) is 2.72. The third-order valence-electron chi connectivity index (χ3n) is 2.75. The van der Waals surface area contributed by atoms with E-state index in [1.165, 1.54) is 10.9 Å². The van der Waals surface area contributed by atoms with Gasteiger partial charge < -0.3 is 4.98 Å². The van der Waals surface area contributed by atoms with Gasteiger partial charge in [-0.15, -0.1) is 0 Å². The molecule has 0 fully saturated rings. The number of aromatic nitrogens is 1. The lowest BCUT2D eigenvalue weighted by Crippen LogP contribution is -1.78. The Morgan fingerprint density at radius 3 is 2.53 bits per heavy atom. The van der Waals surface area contributed by atoms with E-state index in [-0.39, 0.29) is 0 Å². The summed E-state index contributed by atoms with van der Waals surface area (Å²) in [6.45, 7) is 0. The van der Waals surface area contributed by atoms with Crippen molar-refractivity contribution in [2.75, 3.05) is 0 Å². The largest absolute Gasteiger partial charge is 0.354 e. The molecule has 0 unspecified atom stereocenters. The molecule has 3 rings (SSSR count). The highest BCUT2D eigenvalue weighted by Gasteiger charge is 2.06. The van der Waals surface area contributed by atoms with Gasteiger partial charge in [0.1, 0.15) is 0 Å². The normalized spacial score (nSPS) is 10.9. The van der Waals surface area contributed by atoms with Gasteiger partial charge in [0.05, 0.1) is 0 Å². The van der Waals surface area contributed by atoms with Gasteiger partial charge in [0, 0.05) is 31.1 Å². The van der Waals surface area contributed by atoms with E-state index < -0.39 is 0 Å². The predicted molar refractivity (Wildman–Crippen MR) is 79.1 cm³/mol. The number of H-pyrrole nitrogens is 1. The van der Waals surface area contributed by atoms with Crippen LogP contribution in [0.2, 0.25) is 0 Å². The quantitative estimate of drug-likeness (QED) is 0.608. The third-order valence-corrected chi connectivity index (χ3v) is 3.93. The van der Waals surface area contributed by atoms with E-state index in [4.69, 9.17) is 0 Å². The van der Waals surface area contributed by atoms with Crippen LogP contribution in [-0.2, 0) is 0 Å². The number of aromatic amines is 1. The van der Waals surface area contributed by atoms with Crippen LogP contribution in [0.1, 0.15) is 0 Å². The minimum Gasteiger partial charge on any atom is -0.354 e. The van der Waals surface area contributed by atoms with Gasteiger partial charge >= 0.3 is 0 Å². The molecule has 1 nitrogen and oxygen atoms in total.